The van der Waals surface area contributed by atoms with Crippen LogP contribution in [0.25, 0.3) is 0 Å². The molecule has 17 heavy (non-hydrogen) atoms. The van der Waals surface area contributed by atoms with Crippen molar-refractivity contribution in [1.29, 1.82) is 0 Å². The Morgan fingerprint density at radius 1 is 1.29 bits per heavy atom. The number of esters is 1. The summed E-state index contributed by atoms with van der Waals surface area (Å²) < 4.78 is 10.8. The predicted octanol–water partition coefficient (Wildman–Crippen LogP) is 3.17. The average Bonchev–Trinajstić information content (AvgIpc) is 2.89. The summed E-state index contributed by atoms with van der Waals surface area (Å²) in [5.41, 5.74) is 0. The van der Waals surface area contributed by atoms with E-state index in [2.05, 4.69) is 20.8 Å². The van der Waals surface area contributed by atoms with E-state index < -0.39 is 0 Å². The number of ether oxygens (including phenoxy) is 2. The fraction of sp³-hybridized carbons (Fsp3) is 0.929. The Labute approximate surface area is 105 Å². The normalized spacial score (nSPS) is 26.7. The maximum Gasteiger partial charge on any atom is 0.308 e. The first-order valence-corrected chi connectivity index (χ1v) is 6.76. The fourth-order valence-corrected chi connectivity index (χ4v) is 2.09. The quantitative estimate of drug-likeness (QED) is 0.508. The molecule has 0 amide bonds. The Morgan fingerprint density at radius 2 is 1.88 bits per heavy atom. The molecule has 0 N–H and O–H groups in total. The molecule has 0 radical (unpaired) electrons. The summed E-state index contributed by atoms with van der Waals surface area (Å²) in [6.45, 7) is 10.3. The van der Waals surface area contributed by atoms with Gasteiger partial charge in [-0.25, -0.2) is 0 Å². The van der Waals surface area contributed by atoms with Crippen molar-refractivity contribution in [3.8, 4) is 0 Å². The molecule has 0 saturated carbocycles. The number of rotatable bonds is 7. The van der Waals surface area contributed by atoms with Gasteiger partial charge in [-0.15, -0.1) is 0 Å². The lowest BCUT2D eigenvalue weighted by Gasteiger charge is -2.18. The summed E-state index contributed by atoms with van der Waals surface area (Å²) in [5.74, 6) is 0.487. The van der Waals surface area contributed by atoms with Crippen LogP contribution in [0, 0.1) is 11.8 Å². The maximum absolute atomic E-state index is 11.8. The van der Waals surface area contributed by atoms with Gasteiger partial charge in [0.05, 0.1) is 24.2 Å². The number of carbonyl (C=O) groups is 1. The van der Waals surface area contributed by atoms with Gasteiger partial charge in [0.2, 0.25) is 0 Å². The van der Waals surface area contributed by atoms with E-state index in [-0.39, 0.29) is 18.0 Å². The molecular formula is C14H26O3. The van der Waals surface area contributed by atoms with Gasteiger partial charge in [0.25, 0.3) is 0 Å². The third-order valence-corrected chi connectivity index (χ3v) is 3.24. The van der Waals surface area contributed by atoms with E-state index in [1.54, 1.807) is 0 Å². The highest BCUT2D eigenvalue weighted by molar-refractivity contribution is 5.72. The smallest absolute Gasteiger partial charge is 0.308 e. The van der Waals surface area contributed by atoms with Crippen LogP contribution in [0.1, 0.15) is 53.9 Å². The monoisotopic (exact) mass is 242 g/mol. The van der Waals surface area contributed by atoms with Gasteiger partial charge in [0, 0.05) is 0 Å². The minimum atomic E-state index is -0.0635. The van der Waals surface area contributed by atoms with E-state index in [4.69, 9.17) is 9.47 Å². The van der Waals surface area contributed by atoms with Gasteiger partial charge in [0.1, 0.15) is 0 Å². The molecule has 0 aromatic rings. The van der Waals surface area contributed by atoms with Gasteiger partial charge in [-0.3, -0.25) is 4.79 Å². The van der Waals surface area contributed by atoms with Crippen LogP contribution in [0.4, 0.5) is 0 Å². The topological polar surface area (TPSA) is 38.8 Å². The Morgan fingerprint density at radius 3 is 2.35 bits per heavy atom. The van der Waals surface area contributed by atoms with Crippen LogP contribution in [0.5, 0.6) is 0 Å². The molecule has 1 rings (SSSR count). The maximum atomic E-state index is 11.8. The molecule has 1 aliphatic heterocycles. The second-order valence-corrected chi connectivity index (χ2v) is 5.74. The second kappa shape index (κ2) is 6.39. The molecule has 4 unspecified atom stereocenters. The molecule has 0 aromatic heterocycles. The molecule has 0 aliphatic carbocycles. The van der Waals surface area contributed by atoms with Gasteiger partial charge in [-0.05, 0) is 39.0 Å². The highest BCUT2D eigenvalue weighted by Crippen LogP contribution is 2.27. The van der Waals surface area contributed by atoms with Crippen molar-refractivity contribution in [1.82, 2.24) is 0 Å². The SMILES string of the molecule is CC(C)CC(C)OC(=O)C(C)CCC1OC1C. The first-order chi connectivity index (χ1) is 7.90. The van der Waals surface area contributed by atoms with Crippen molar-refractivity contribution in [2.24, 2.45) is 11.8 Å². The highest BCUT2D eigenvalue weighted by atomic mass is 16.6. The first-order valence-electron chi connectivity index (χ1n) is 6.76. The van der Waals surface area contributed by atoms with E-state index in [0.29, 0.717) is 18.1 Å². The Bertz CT molecular complexity index is 250. The second-order valence-electron chi connectivity index (χ2n) is 5.74. The molecule has 100 valence electrons. The van der Waals surface area contributed by atoms with Crippen molar-refractivity contribution in [2.75, 3.05) is 0 Å². The van der Waals surface area contributed by atoms with E-state index >= 15 is 0 Å². The number of epoxide rings is 1. The summed E-state index contributed by atoms with van der Waals surface area (Å²) in [6, 6.07) is 0. The lowest BCUT2D eigenvalue weighted by molar-refractivity contribution is -0.153. The summed E-state index contributed by atoms with van der Waals surface area (Å²) >= 11 is 0. The lowest BCUT2D eigenvalue weighted by Crippen LogP contribution is -2.22. The Kier molecular flexibility index (Phi) is 5.44. The fourth-order valence-electron chi connectivity index (χ4n) is 2.09. The van der Waals surface area contributed by atoms with Crippen molar-refractivity contribution < 1.29 is 14.3 Å². The average molecular weight is 242 g/mol. The Balaban J connectivity index is 2.16. The van der Waals surface area contributed by atoms with Crippen LogP contribution in [-0.2, 0) is 14.3 Å². The lowest BCUT2D eigenvalue weighted by atomic mass is 10.0. The zero-order valence-corrected chi connectivity index (χ0v) is 11.7. The number of carbonyl (C=O) groups excluding carboxylic acids is 1. The first kappa shape index (κ1) is 14.5. The molecule has 1 aliphatic rings. The van der Waals surface area contributed by atoms with Gasteiger partial charge < -0.3 is 9.47 Å². The molecule has 3 nitrogen and oxygen atoms in total. The third kappa shape index (κ3) is 5.53. The molecule has 4 atom stereocenters. The number of hydrogen-bond donors (Lipinski definition) is 0. The van der Waals surface area contributed by atoms with E-state index in [9.17, 15) is 4.79 Å². The summed E-state index contributed by atoms with van der Waals surface area (Å²) in [5, 5.41) is 0. The van der Waals surface area contributed by atoms with Crippen LogP contribution < -0.4 is 0 Å². The third-order valence-electron chi connectivity index (χ3n) is 3.24. The van der Waals surface area contributed by atoms with Gasteiger partial charge >= 0.3 is 5.97 Å². The molecule has 1 saturated heterocycles. The standard InChI is InChI=1S/C14H26O3/c1-9(2)8-11(4)16-14(15)10(3)6-7-13-12(5)17-13/h9-13H,6-8H2,1-5H3. The summed E-state index contributed by atoms with van der Waals surface area (Å²) in [6.07, 6.45) is 3.55. The molecule has 0 aromatic carbocycles. The molecule has 1 fully saturated rings. The minimum absolute atomic E-state index is 0.0130. The summed E-state index contributed by atoms with van der Waals surface area (Å²) in [7, 11) is 0. The van der Waals surface area contributed by atoms with E-state index in [0.717, 1.165) is 19.3 Å². The van der Waals surface area contributed by atoms with E-state index in [1.807, 2.05) is 13.8 Å². The van der Waals surface area contributed by atoms with Gasteiger partial charge in [-0.2, -0.15) is 0 Å². The van der Waals surface area contributed by atoms with Crippen molar-refractivity contribution >= 4 is 5.97 Å². The van der Waals surface area contributed by atoms with Crippen LogP contribution >= 0.6 is 0 Å². The highest BCUT2D eigenvalue weighted by Gasteiger charge is 2.34. The molecule has 1 heterocycles. The van der Waals surface area contributed by atoms with Crippen LogP contribution in [0.3, 0.4) is 0 Å². The zero-order chi connectivity index (χ0) is 13.0. The largest absolute Gasteiger partial charge is 0.462 e. The predicted molar refractivity (Wildman–Crippen MR) is 67.7 cm³/mol. The van der Waals surface area contributed by atoms with Crippen molar-refractivity contribution in [3.05, 3.63) is 0 Å². The molecular weight excluding hydrogens is 216 g/mol. The van der Waals surface area contributed by atoms with Gasteiger partial charge in [-0.1, -0.05) is 20.8 Å². The van der Waals surface area contributed by atoms with Crippen LogP contribution in [0.2, 0.25) is 0 Å². The van der Waals surface area contributed by atoms with E-state index in [1.165, 1.54) is 0 Å². The van der Waals surface area contributed by atoms with Crippen molar-refractivity contribution in [3.63, 3.8) is 0 Å². The molecule has 3 heteroatoms. The molecule has 0 bridgehead atoms. The number of hydrogen-bond acceptors (Lipinski definition) is 3. The Hall–Kier alpha value is -0.570. The zero-order valence-electron chi connectivity index (χ0n) is 11.7. The van der Waals surface area contributed by atoms with Crippen LogP contribution in [0.15, 0.2) is 0 Å². The molecule has 0 spiro atoms. The van der Waals surface area contributed by atoms with Crippen molar-refractivity contribution in [2.45, 2.75) is 72.2 Å². The van der Waals surface area contributed by atoms with Gasteiger partial charge in [0.15, 0.2) is 0 Å². The minimum Gasteiger partial charge on any atom is -0.462 e. The van der Waals surface area contributed by atoms with Crippen LogP contribution in [-0.4, -0.2) is 24.3 Å². The summed E-state index contributed by atoms with van der Waals surface area (Å²) in [4.78, 5) is 11.8.